The molecule has 3 rings (SSSR count). The van der Waals surface area contributed by atoms with Crippen LogP contribution in [0, 0.1) is 3.57 Å². The van der Waals surface area contributed by atoms with Gasteiger partial charge in [-0.3, -0.25) is 0 Å². The number of nitrogens with zero attached hydrogens (tertiary/aromatic N) is 1. The average Bonchev–Trinajstić information content (AvgIpc) is 2.77. The summed E-state index contributed by atoms with van der Waals surface area (Å²) < 4.78 is 2.38. The summed E-state index contributed by atoms with van der Waals surface area (Å²) >= 11 is 5.97. The Balaban J connectivity index is 1.99. The van der Waals surface area contributed by atoms with Crippen LogP contribution in [0.3, 0.4) is 0 Å². The Kier molecular flexibility index (Phi) is 3.23. The van der Waals surface area contributed by atoms with E-state index in [1.165, 1.54) is 20.4 Å². The van der Waals surface area contributed by atoms with Crippen LogP contribution >= 0.6 is 38.5 Å². The van der Waals surface area contributed by atoms with E-state index in [0.717, 1.165) is 23.2 Å². The van der Waals surface area contributed by atoms with Crippen LogP contribution in [0.1, 0.15) is 11.1 Å². The van der Waals surface area contributed by atoms with Crippen LogP contribution in [-0.2, 0) is 13.1 Å². The minimum atomic E-state index is 0.890. The molecule has 0 atom stereocenters. The molecule has 0 spiro atoms. The molecule has 2 N–H and O–H groups in total. The van der Waals surface area contributed by atoms with Crippen molar-refractivity contribution in [3.05, 3.63) is 55.6 Å². The van der Waals surface area contributed by atoms with Crippen molar-refractivity contribution in [3.63, 3.8) is 0 Å². The number of nitrogens with two attached hydrogens (primary N) is 1. The lowest BCUT2D eigenvalue weighted by atomic mass is 10.1. The number of nitrogen functional groups attached to an aromatic ring is 1. The van der Waals surface area contributed by atoms with Gasteiger partial charge in [0.05, 0.1) is 5.69 Å². The molecule has 0 fully saturated rings. The van der Waals surface area contributed by atoms with Crippen LogP contribution in [0.15, 0.2) is 40.9 Å². The molecule has 0 saturated heterocycles. The predicted octanol–water partition coefficient (Wildman–Crippen LogP) is 4.16. The maximum Gasteiger partial charge on any atom is 0.0527 e. The molecule has 18 heavy (non-hydrogen) atoms. The molecule has 0 amide bonds. The van der Waals surface area contributed by atoms with Crippen molar-refractivity contribution in [1.29, 1.82) is 0 Å². The molecular formula is C14H12BrIN2. The predicted molar refractivity (Wildman–Crippen MR) is 87.6 cm³/mol. The van der Waals surface area contributed by atoms with Crippen LogP contribution < -0.4 is 10.6 Å². The lowest BCUT2D eigenvalue weighted by molar-refractivity contribution is 0.877. The average molecular weight is 415 g/mol. The van der Waals surface area contributed by atoms with Crippen molar-refractivity contribution in [2.45, 2.75) is 13.1 Å². The van der Waals surface area contributed by atoms with Crippen molar-refractivity contribution < 1.29 is 0 Å². The van der Waals surface area contributed by atoms with Crippen LogP contribution in [0.2, 0.25) is 0 Å². The summed E-state index contributed by atoms with van der Waals surface area (Å²) in [7, 11) is 0. The summed E-state index contributed by atoms with van der Waals surface area (Å²) in [6.07, 6.45) is 0. The summed E-state index contributed by atoms with van der Waals surface area (Å²) in [5.74, 6) is 0. The van der Waals surface area contributed by atoms with Crippen molar-refractivity contribution in [2.75, 3.05) is 10.6 Å². The van der Waals surface area contributed by atoms with Crippen molar-refractivity contribution in [3.8, 4) is 0 Å². The second kappa shape index (κ2) is 4.74. The molecule has 0 bridgehead atoms. The Morgan fingerprint density at radius 2 is 2.00 bits per heavy atom. The molecule has 2 nitrogen and oxygen atoms in total. The maximum atomic E-state index is 6.04. The fraction of sp³-hybridized carbons (Fsp3) is 0.143. The Bertz CT molecular complexity index is 613. The van der Waals surface area contributed by atoms with E-state index in [9.17, 15) is 0 Å². The minimum Gasteiger partial charge on any atom is -0.398 e. The molecule has 0 saturated carbocycles. The first-order chi connectivity index (χ1) is 8.65. The molecule has 2 aromatic carbocycles. The molecule has 1 aliphatic rings. The van der Waals surface area contributed by atoms with Gasteiger partial charge in [0.2, 0.25) is 0 Å². The van der Waals surface area contributed by atoms with Gasteiger partial charge in [-0.15, -0.1) is 0 Å². The molecule has 0 radical (unpaired) electrons. The van der Waals surface area contributed by atoms with Gasteiger partial charge in [0.1, 0.15) is 0 Å². The number of hydrogen-bond donors (Lipinski definition) is 1. The second-order valence-corrected chi connectivity index (χ2v) is 6.54. The third kappa shape index (κ3) is 2.12. The van der Waals surface area contributed by atoms with Crippen molar-refractivity contribution in [2.24, 2.45) is 0 Å². The molecule has 0 aromatic heterocycles. The summed E-state index contributed by atoms with van der Waals surface area (Å²) in [5, 5.41) is 0. The molecule has 1 heterocycles. The van der Waals surface area contributed by atoms with Gasteiger partial charge in [0.15, 0.2) is 0 Å². The van der Waals surface area contributed by atoms with Gasteiger partial charge >= 0.3 is 0 Å². The van der Waals surface area contributed by atoms with Gasteiger partial charge in [-0.2, -0.15) is 0 Å². The molecule has 2 aromatic rings. The van der Waals surface area contributed by atoms with E-state index in [2.05, 4.69) is 67.7 Å². The lowest BCUT2D eigenvalue weighted by Crippen LogP contribution is -2.15. The second-order valence-electron chi connectivity index (χ2n) is 4.44. The highest BCUT2D eigenvalue weighted by molar-refractivity contribution is 14.1. The fourth-order valence-corrected chi connectivity index (χ4v) is 3.32. The highest BCUT2D eigenvalue weighted by Crippen LogP contribution is 2.36. The quantitative estimate of drug-likeness (QED) is 0.560. The van der Waals surface area contributed by atoms with Gasteiger partial charge in [-0.1, -0.05) is 12.1 Å². The number of hydrogen-bond acceptors (Lipinski definition) is 2. The molecule has 1 aliphatic heterocycles. The van der Waals surface area contributed by atoms with Crippen molar-refractivity contribution >= 4 is 49.9 Å². The zero-order valence-corrected chi connectivity index (χ0v) is 13.4. The van der Waals surface area contributed by atoms with E-state index in [4.69, 9.17) is 5.73 Å². The summed E-state index contributed by atoms with van der Waals surface area (Å²) in [6.45, 7) is 1.82. The topological polar surface area (TPSA) is 29.3 Å². The number of benzene rings is 2. The third-order valence-electron chi connectivity index (χ3n) is 3.27. The molecular weight excluding hydrogens is 403 g/mol. The first-order valence-electron chi connectivity index (χ1n) is 5.71. The Hall–Kier alpha value is -0.750. The molecule has 4 heteroatoms. The van der Waals surface area contributed by atoms with Gasteiger partial charge in [0.25, 0.3) is 0 Å². The SMILES string of the molecule is Nc1cccc2c1CN(c1cc(I)ccc1Br)C2. The maximum absolute atomic E-state index is 6.04. The molecule has 92 valence electrons. The standard InChI is InChI=1S/C14H12BrIN2/c15-12-5-4-10(16)6-14(12)18-7-9-2-1-3-13(17)11(9)8-18/h1-6H,7-8,17H2. The zero-order valence-electron chi connectivity index (χ0n) is 9.66. The highest BCUT2D eigenvalue weighted by atomic mass is 127. The van der Waals surface area contributed by atoms with E-state index in [1.54, 1.807) is 0 Å². The Morgan fingerprint density at radius 1 is 1.17 bits per heavy atom. The largest absolute Gasteiger partial charge is 0.398 e. The summed E-state index contributed by atoms with van der Waals surface area (Å²) in [5.41, 5.74) is 10.8. The first-order valence-corrected chi connectivity index (χ1v) is 7.58. The third-order valence-corrected chi connectivity index (χ3v) is 4.61. The summed E-state index contributed by atoms with van der Waals surface area (Å²) in [6, 6.07) is 12.6. The number of halogens is 2. The van der Waals surface area contributed by atoms with Gasteiger partial charge in [-0.25, -0.2) is 0 Å². The van der Waals surface area contributed by atoms with Crippen LogP contribution in [0.25, 0.3) is 0 Å². The monoisotopic (exact) mass is 414 g/mol. The number of anilines is 2. The normalized spacial score (nSPS) is 13.8. The van der Waals surface area contributed by atoms with Gasteiger partial charge in [0, 0.05) is 26.8 Å². The smallest absolute Gasteiger partial charge is 0.0527 e. The first kappa shape index (κ1) is 12.3. The summed E-state index contributed by atoms with van der Waals surface area (Å²) in [4.78, 5) is 2.35. The fourth-order valence-electron chi connectivity index (χ4n) is 2.35. The molecule has 0 aliphatic carbocycles. The van der Waals surface area contributed by atoms with E-state index >= 15 is 0 Å². The zero-order chi connectivity index (χ0) is 12.7. The van der Waals surface area contributed by atoms with Gasteiger partial charge < -0.3 is 10.6 Å². The van der Waals surface area contributed by atoms with E-state index in [1.807, 2.05) is 12.1 Å². The lowest BCUT2D eigenvalue weighted by Gasteiger charge is -2.19. The van der Waals surface area contributed by atoms with Crippen molar-refractivity contribution in [1.82, 2.24) is 0 Å². The highest BCUT2D eigenvalue weighted by Gasteiger charge is 2.22. The number of fused-ring (bicyclic) bond motifs is 1. The number of rotatable bonds is 1. The van der Waals surface area contributed by atoms with E-state index in [0.29, 0.717) is 0 Å². The van der Waals surface area contributed by atoms with Crippen LogP contribution in [0.4, 0.5) is 11.4 Å². The van der Waals surface area contributed by atoms with E-state index < -0.39 is 0 Å². The Morgan fingerprint density at radius 3 is 2.78 bits per heavy atom. The van der Waals surface area contributed by atoms with Crippen LogP contribution in [0.5, 0.6) is 0 Å². The van der Waals surface area contributed by atoms with Crippen LogP contribution in [-0.4, -0.2) is 0 Å². The van der Waals surface area contributed by atoms with E-state index in [-0.39, 0.29) is 0 Å². The Labute approximate surface area is 128 Å². The van der Waals surface area contributed by atoms with Gasteiger partial charge in [-0.05, 0) is 73.9 Å². The molecule has 0 unspecified atom stereocenters. The minimum absolute atomic E-state index is 0.890.